The van der Waals surface area contributed by atoms with Gasteiger partial charge in [-0.15, -0.1) is 0 Å². The van der Waals surface area contributed by atoms with Gasteiger partial charge in [0.05, 0.1) is 16.8 Å². The van der Waals surface area contributed by atoms with Gasteiger partial charge in [0.1, 0.15) is 0 Å². The van der Waals surface area contributed by atoms with Crippen molar-refractivity contribution >= 4 is 48.5 Å². The highest BCUT2D eigenvalue weighted by Crippen LogP contribution is 2.28. The van der Waals surface area contributed by atoms with Crippen LogP contribution in [0.25, 0.3) is 10.2 Å². The normalized spacial score (nSPS) is 10.5. The zero-order chi connectivity index (χ0) is 12.3. The topological polar surface area (TPSA) is 54.0 Å². The summed E-state index contributed by atoms with van der Waals surface area (Å²) in [5, 5.41) is 6.51. The third-order valence-corrected chi connectivity index (χ3v) is 3.59. The first kappa shape index (κ1) is 12.3. The molecule has 1 aromatic heterocycles. The van der Waals surface area contributed by atoms with Crippen LogP contribution in [0.15, 0.2) is 22.7 Å². The van der Waals surface area contributed by atoms with Gasteiger partial charge in [-0.3, -0.25) is 4.79 Å². The molecule has 0 aliphatic rings. The Balaban J connectivity index is 2.07. The largest absolute Gasteiger partial charge is 0.355 e. The maximum absolute atomic E-state index is 11.3. The molecule has 0 aliphatic carbocycles. The molecule has 0 saturated heterocycles. The number of carbonyl (C=O) groups is 1. The highest BCUT2D eigenvalue weighted by Gasteiger charge is 2.05. The van der Waals surface area contributed by atoms with Crippen LogP contribution >= 0.6 is 27.3 Å². The van der Waals surface area contributed by atoms with Crippen LogP contribution in [0.2, 0.25) is 0 Å². The van der Waals surface area contributed by atoms with E-state index in [-0.39, 0.29) is 12.5 Å². The van der Waals surface area contributed by atoms with Crippen LogP contribution in [-0.4, -0.2) is 24.0 Å². The zero-order valence-electron chi connectivity index (χ0n) is 9.29. The average molecular weight is 314 g/mol. The molecule has 90 valence electrons. The molecular weight excluding hydrogens is 302 g/mol. The summed E-state index contributed by atoms with van der Waals surface area (Å²) in [5.74, 6) is -0.0204. The summed E-state index contributed by atoms with van der Waals surface area (Å²) in [6.07, 6.45) is 0. The number of anilines is 1. The van der Waals surface area contributed by atoms with Crippen LogP contribution in [0.5, 0.6) is 0 Å². The Kier molecular flexibility index (Phi) is 3.96. The van der Waals surface area contributed by atoms with Gasteiger partial charge < -0.3 is 10.6 Å². The van der Waals surface area contributed by atoms with Crippen molar-refractivity contribution in [1.82, 2.24) is 10.3 Å². The number of hydrogen-bond donors (Lipinski definition) is 2. The van der Waals surface area contributed by atoms with Crippen molar-refractivity contribution in [3.8, 4) is 0 Å². The molecule has 0 atom stereocenters. The van der Waals surface area contributed by atoms with Crippen LogP contribution in [-0.2, 0) is 4.79 Å². The van der Waals surface area contributed by atoms with Crippen molar-refractivity contribution in [2.75, 3.05) is 18.4 Å². The molecule has 1 aromatic carbocycles. The van der Waals surface area contributed by atoms with E-state index in [9.17, 15) is 4.79 Å². The van der Waals surface area contributed by atoms with Crippen molar-refractivity contribution in [2.24, 2.45) is 0 Å². The molecule has 0 unspecified atom stereocenters. The number of amides is 1. The number of carbonyl (C=O) groups excluding carboxylic acids is 1. The van der Waals surface area contributed by atoms with E-state index in [1.165, 1.54) is 11.3 Å². The number of fused-ring (bicyclic) bond motifs is 1. The quantitative estimate of drug-likeness (QED) is 0.912. The smallest absolute Gasteiger partial charge is 0.239 e. The first-order valence-electron chi connectivity index (χ1n) is 5.25. The van der Waals surface area contributed by atoms with Gasteiger partial charge in [0.15, 0.2) is 5.13 Å². The number of rotatable bonds is 4. The number of nitrogens with zero attached hydrogens (tertiary/aromatic N) is 1. The third-order valence-electron chi connectivity index (χ3n) is 2.12. The lowest BCUT2D eigenvalue weighted by atomic mass is 10.3. The first-order chi connectivity index (χ1) is 8.19. The van der Waals surface area contributed by atoms with Crippen molar-refractivity contribution in [2.45, 2.75) is 6.92 Å². The summed E-state index contributed by atoms with van der Waals surface area (Å²) < 4.78 is 2.13. The lowest BCUT2D eigenvalue weighted by Gasteiger charge is -2.01. The van der Waals surface area contributed by atoms with Gasteiger partial charge in [-0.1, -0.05) is 27.3 Å². The predicted molar refractivity (Wildman–Crippen MR) is 74.5 cm³/mol. The number of thiazole rings is 1. The van der Waals surface area contributed by atoms with E-state index in [0.717, 1.165) is 19.8 Å². The minimum absolute atomic E-state index is 0.0204. The van der Waals surface area contributed by atoms with Gasteiger partial charge in [-0.25, -0.2) is 4.98 Å². The van der Waals surface area contributed by atoms with Gasteiger partial charge in [0.25, 0.3) is 0 Å². The second-order valence-corrected chi connectivity index (χ2v) is 5.38. The molecule has 0 bridgehead atoms. The van der Waals surface area contributed by atoms with Gasteiger partial charge in [0, 0.05) is 11.0 Å². The summed E-state index contributed by atoms with van der Waals surface area (Å²) in [7, 11) is 0. The van der Waals surface area contributed by atoms with Crippen molar-refractivity contribution in [3.05, 3.63) is 22.7 Å². The van der Waals surface area contributed by atoms with E-state index < -0.39 is 0 Å². The van der Waals surface area contributed by atoms with Crippen LogP contribution in [0.4, 0.5) is 5.13 Å². The molecule has 0 fully saturated rings. The molecule has 6 heteroatoms. The molecule has 0 radical (unpaired) electrons. The molecule has 1 heterocycles. The maximum atomic E-state index is 11.3. The number of halogens is 1. The van der Waals surface area contributed by atoms with E-state index in [2.05, 4.69) is 31.5 Å². The molecule has 0 saturated carbocycles. The van der Waals surface area contributed by atoms with Crippen LogP contribution in [0, 0.1) is 0 Å². The third kappa shape index (κ3) is 3.17. The molecule has 2 rings (SSSR count). The summed E-state index contributed by atoms with van der Waals surface area (Å²) in [6.45, 7) is 2.80. The van der Waals surface area contributed by atoms with Crippen LogP contribution < -0.4 is 10.6 Å². The standard InChI is InChI=1S/C11H12BrN3OS/c1-2-13-10(16)6-14-11-15-8-4-3-7(12)5-9(8)17-11/h3-5H,2,6H2,1H3,(H,13,16)(H,14,15). The Morgan fingerprint density at radius 1 is 1.53 bits per heavy atom. The summed E-state index contributed by atoms with van der Waals surface area (Å²) in [6, 6.07) is 5.92. The predicted octanol–water partition coefficient (Wildman–Crippen LogP) is 2.61. The zero-order valence-corrected chi connectivity index (χ0v) is 11.7. The van der Waals surface area contributed by atoms with Crippen molar-refractivity contribution in [3.63, 3.8) is 0 Å². The molecular formula is C11H12BrN3OS. The SMILES string of the molecule is CCNC(=O)CNc1nc2ccc(Br)cc2s1. The number of nitrogens with one attached hydrogen (secondary N) is 2. The maximum Gasteiger partial charge on any atom is 0.239 e. The van der Waals surface area contributed by atoms with E-state index >= 15 is 0 Å². The van der Waals surface area contributed by atoms with Gasteiger partial charge in [-0.05, 0) is 25.1 Å². The van der Waals surface area contributed by atoms with Gasteiger partial charge in [-0.2, -0.15) is 0 Å². The highest BCUT2D eigenvalue weighted by atomic mass is 79.9. The molecule has 0 spiro atoms. The molecule has 17 heavy (non-hydrogen) atoms. The summed E-state index contributed by atoms with van der Waals surface area (Å²) >= 11 is 4.96. The fourth-order valence-electron chi connectivity index (χ4n) is 1.39. The lowest BCUT2D eigenvalue weighted by molar-refractivity contribution is -0.119. The van der Waals surface area contributed by atoms with Gasteiger partial charge in [0.2, 0.25) is 5.91 Å². The Bertz CT molecular complexity index is 540. The van der Waals surface area contributed by atoms with Crippen LogP contribution in [0.3, 0.4) is 0 Å². The van der Waals surface area contributed by atoms with Crippen LogP contribution in [0.1, 0.15) is 6.92 Å². The number of likely N-dealkylation sites (N-methyl/N-ethyl adjacent to an activating group) is 1. The first-order valence-corrected chi connectivity index (χ1v) is 6.86. The average Bonchev–Trinajstić information content (AvgIpc) is 2.68. The van der Waals surface area contributed by atoms with E-state index in [1.807, 2.05) is 25.1 Å². The Morgan fingerprint density at radius 3 is 3.12 bits per heavy atom. The fourth-order valence-corrected chi connectivity index (χ4v) is 2.80. The monoisotopic (exact) mass is 313 g/mol. The van der Waals surface area contributed by atoms with Gasteiger partial charge >= 0.3 is 0 Å². The number of hydrogen-bond acceptors (Lipinski definition) is 4. The molecule has 2 aromatic rings. The molecule has 0 aliphatic heterocycles. The van der Waals surface area contributed by atoms with E-state index in [0.29, 0.717) is 6.54 Å². The minimum atomic E-state index is -0.0204. The second-order valence-electron chi connectivity index (χ2n) is 3.44. The fraction of sp³-hybridized carbons (Fsp3) is 0.273. The Morgan fingerprint density at radius 2 is 2.35 bits per heavy atom. The lowest BCUT2D eigenvalue weighted by Crippen LogP contribution is -2.29. The highest BCUT2D eigenvalue weighted by molar-refractivity contribution is 9.10. The summed E-state index contributed by atoms with van der Waals surface area (Å²) in [5.41, 5.74) is 0.941. The molecule has 2 N–H and O–H groups in total. The summed E-state index contributed by atoms with van der Waals surface area (Å²) in [4.78, 5) is 15.7. The molecule has 1 amide bonds. The Hall–Kier alpha value is -1.14. The second kappa shape index (κ2) is 5.46. The molecule has 4 nitrogen and oxygen atoms in total. The number of benzene rings is 1. The minimum Gasteiger partial charge on any atom is -0.355 e. The Labute approximate surface area is 112 Å². The van der Waals surface area contributed by atoms with E-state index in [1.54, 1.807) is 0 Å². The number of aromatic nitrogens is 1. The van der Waals surface area contributed by atoms with Crippen molar-refractivity contribution < 1.29 is 4.79 Å². The van der Waals surface area contributed by atoms with E-state index in [4.69, 9.17) is 0 Å². The van der Waals surface area contributed by atoms with Crippen molar-refractivity contribution in [1.29, 1.82) is 0 Å².